The van der Waals surface area contributed by atoms with Crippen molar-refractivity contribution in [3.05, 3.63) is 113 Å². The third-order valence-corrected chi connectivity index (χ3v) is 7.65. The van der Waals surface area contributed by atoms with Crippen LogP contribution in [0, 0.1) is 0 Å². The molecule has 6 rings (SSSR count). The van der Waals surface area contributed by atoms with Gasteiger partial charge in [-0.1, -0.05) is 60.7 Å². The predicted molar refractivity (Wildman–Crippen MR) is 145 cm³/mol. The van der Waals surface area contributed by atoms with Gasteiger partial charge in [-0.3, -0.25) is 9.69 Å². The monoisotopic (exact) mass is 475 g/mol. The fraction of sp³-hybridized carbons (Fsp3) is 0.281. The number of benzene rings is 3. The summed E-state index contributed by atoms with van der Waals surface area (Å²) < 4.78 is 2.42. The zero-order valence-electron chi connectivity index (χ0n) is 20.8. The Balaban J connectivity index is 1.19. The smallest absolute Gasteiger partial charge is 0.253 e. The van der Waals surface area contributed by atoms with E-state index in [0.29, 0.717) is 0 Å². The van der Waals surface area contributed by atoms with Crippen LogP contribution in [0.4, 0.5) is 0 Å². The Morgan fingerprint density at radius 3 is 2.11 bits per heavy atom. The molecule has 4 aromatic rings. The first-order chi connectivity index (χ1) is 17.8. The molecule has 1 aliphatic carbocycles. The first-order valence-corrected chi connectivity index (χ1v) is 13.2. The molecule has 1 aromatic heterocycles. The zero-order chi connectivity index (χ0) is 24.3. The molecule has 182 valence electrons. The summed E-state index contributed by atoms with van der Waals surface area (Å²) in [5, 5.41) is 0. The minimum absolute atomic E-state index is 0.138. The summed E-state index contributed by atoms with van der Waals surface area (Å²) in [7, 11) is 0. The van der Waals surface area contributed by atoms with Crippen molar-refractivity contribution in [1.29, 1.82) is 0 Å². The maximum atomic E-state index is 13.3. The van der Waals surface area contributed by atoms with Crippen LogP contribution in [0.3, 0.4) is 0 Å². The van der Waals surface area contributed by atoms with E-state index in [1.165, 1.54) is 40.9 Å². The molecule has 3 aromatic carbocycles. The fourth-order valence-electron chi connectivity index (χ4n) is 5.70. The van der Waals surface area contributed by atoms with Gasteiger partial charge in [-0.2, -0.15) is 0 Å². The molecule has 2 heterocycles. The van der Waals surface area contributed by atoms with E-state index in [1.54, 1.807) is 0 Å². The number of carbonyl (C=O) groups is 1. The van der Waals surface area contributed by atoms with Crippen molar-refractivity contribution in [2.24, 2.45) is 0 Å². The second-order valence-corrected chi connectivity index (χ2v) is 10.0. The van der Waals surface area contributed by atoms with Gasteiger partial charge < -0.3 is 9.47 Å². The number of fused-ring (bicyclic) bond motifs is 1. The maximum Gasteiger partial charge on any atom is 0.253 e. The van der Waals surface area contributed by atoms with Crippen LogP contribution < -0.4 is 0 Å². The van der Waals surface area contributed by atoms with Crippen LogP contribution in [0.1, 0.15) is 40.0 Å². The second-order valence-electron chi connectivity index (χ2n) is 10.0. The number of hydrogen-bond donors (Lipinski definition) is 0. The van der Waals surface area contributed by atoms with Crippen molar-refractivity contribution >= 4 is 5.91 Å². The second kappa shape index (κ2) is 10.2. The Hall–Kier alpha value is -3.63. The highest BCUT2D eigenvalue weighted by molar-refractivity contribution is 5.94. The van der Waals surface area contributed by atoms with Crippen LogP contribution in [-0.4, -0.2) is 46.5 Å². The molecule has 1 fully saturated rings. The van der Waals surface area contributed by atoms with Crippen LogP contribution in [-0.2, 0) is 19.4 Å². The average molecular weight is 476 g/mol. The van der Waals surface area contributed by atoms with Gasteiger partial charge in [0.25, 0.3) is 5.91 Å². The molecule has 0 N–H and O–H groups in total. The topological polar surface area (TPSA) is 28.5 Å². The minimum atomic E-state index is 0.138. The van der Waals surface area contributed by atoms with Crippen molar-refractivity contribution < 1.29 is 4.79 Å². The molecule has 0 saturated carbocycles. The fourth-order valence-corrected chi connectivity index (χ4v) is 5.70. The van der Waals surface area contributed by atoms with Crippen LogP contribution >= 0.6 is 0 Å². The number of amides is 1. The Morgan fingerprint density at radius 2 is 1.39 bits per heavy atom. The van der Waals surface area contributed by atoms with Gasteiger partial charge in [0.05, 0.1) is 5.69 Å². The highest BCUT2D eigenvalue weighted by atomic mass is 16.2. The van der Waals surface area contributed by atoms with E-state index in [2.05, 4.69) is 88.3 Å². The van der Waals surface area contributed by atoms with Gasteiger partial charge in [-0.15, -0.1) is 0 Å². The van der Waals surface area contributed by atoms with Gasteiger partial charge in [-0.05, 0) is 72.7 Å². The maximum absolute atomic E-state index is 13.3. The van der Waals surface area contributed by atoms with Crippen molar-refractivity contribution in [3.63, 3.8) is 0 Å². The predicted octanol–water partition coefficient (Wildman–Crippen LogP) is 5.98. The van der Waals surface area contributed by atoms with Gasteiger partial charge >= 0.3 is 0 Å². The summed E-state index contributed by atoms with van der Waals surface area (Å²) in [5.74, 6) is 0.138. The van der Waals surface area contributed by atoms with Crippen molar-refractivity contribution in [2.45, 2.75) is 32.2 Å². The van der Waals surface area contributed by atoms with E-state index in [1.807, 2.05) is 17.0 Å². The average Bonchev–Trinajstić information content (AvgIpc) is 3.34. The molecule has 4 nitrogen and oxygen atoms in total. The Labute approximate surface area is 213 Å². The normalized spacial score (nSPS) is 16.1. The molecule has 0 atom stereocenters. The number of aryl methyl sites for hydroxylation is 1. The number of carbonyl (C=O) groups excluding carboxylic acids is 1. The lowest BCUT2D eigenvalue weighted by molar-refractivity contribution is 0.0628. The summed E-state index contributed by atoms with van der Waals surface area (Å²) in [5.41, 5.74) is 8.62. The number of rotatable bonds is 5. The van der Waals surface area contributed by atoms with E-state index in [-0.39, 0.29) is 5.91 Å². The molecule has 0 radical (unpaired) electrons. The Morgan fingerprint density at radius 1 is 0.722 bits per heavy atom. The Kier molecular flexibility index (Phi) is 6.44. The van der Waals surface area contributed by atoms with Crippen LogP contribution in [0.25, 0.3) is 16.9 Å². The van der Waals surface area contributed by atoms with E-state index < -0.39 is 0 Å². The van der Waals surface area contributed by atoms with E-state index in [0.717, 1.165) is 56.8 Å². The first kappa shape index (κ1) is 22.8. The summed E-state index contributed by atoms with van der Waals surface area (Å²) in [6.07, 6.45) is 4.75. The number of piperazine rings is 1. The van der Waals surface area contributed by atoms with Crippen molar-refractivity contribution in [2.75, 3.05) is 26.2 Å². The zero-order valence-corrected chi connectivity index (χ0v) is 20.8. The lowest BCUT2D eigenvalue weighted by atomic mass is 9.98. The molecule has 0 bridgehead atoms. The summed E-state index contributed by atoms with van der Waals surface area (Å²) >= 11 is 0. The van der Waals surface area contributed by atoms with Crippen LogP contribution in [0.2, 0.25) is 0 Å². The van der Waals surface area contributed by atoms with Crippen molar-refractivity contribution in [3.8, 4) is 16.9 Å². The molecule has 0 spiro atoms. The molecule has 1 amide bonds. The van der Waals surface area contributed by atoms with Gasteiger partial charge in [0.1, 0.15) is 0 Å². The molecule has 1 saturated heterocycles. The lowest BCUT2D eigenvalue weighted by Gasteiger charge is -2.34. The molecular formula is C32H33N3O. The summed E-state index contributed by atoms with van der Waals surface area (Å²) in [6, 6.07) is 31.9. The molecule has 1 aliphatic heterocycles. The highest BCUT2D eigenvalue weighted by Gasteiger charge is 2.23. The molecular weight excluding hydrogens is 442 g/mol. The lowest BCUT2D eigenvalue weighted by Crippen LogP contribution is -2.48. The highest BCUT2D eigenvalue weighted by Crippen LogP contribution is 2.34. The molecule has 2 aliphatic rings. The van der Waals surface area contributed by atoms with E-state index in [9.17, 15) is 4.79 Å². The largest absolute Gasteiger partial charge is 0.336 e. The molecule has 36 heavy (non-hydrogen) atoms. The minimum Gasteiger partial charge on any atom is -0.336 e. The van der Waals surface area contributed by atoms with Gasteiger partial charge in [0, 0.05) is 49.7 Å². The first-order valence-electron chi connectivity index (χ1n) is 13.2. The van der Waals surface area contributed by atoms with Gasteiger partial charge in [0.15, 0.2) is 0 Å². The molecule has 4 heteroatoms. The number of aromatic nitrogens is 1. The number of hydrogen-bond acceptors (Lipinski definition) is 2. The molecule has 0 unspecified atom stereocenters. The van der Waals surface area contributed by atoms with Gasteiger partial charge in [0.2, 0.25) is 0 Å². The number of nitrogens with zero attached hydrogens (tertiary/aromatic N) is 3. The van der Waals surface area contributed by atoms with E-state index in [4.69, 9.17) is 0 Å². The van der Waals surface area contributed by atoms with Crippen LogP contribution in [0.15, 0.2) is 91.0 Å². The standard InChI is InChI=1S/C32H33N3O/c36-32(34-21-19-33(20-22-34)24-25-9-3-1-4-10-25)27-15-17-29(18-16-27)35-30-14-8-7-13-28(30)23-31(35)26-11-5-2-6-12-26/h1-6,9-12,15-18,23H,7-8,13-14,19-22,24H2. The van der Waals surface area contributed by atoms with Gasteiger partial charge in [-0.25, -0.2) is 0 Å². The SMILES string of the molecule is O=C(c1ccc(-n2c(-c3ccccc3)cc3c2CCCC3)cc1)N1CCN(Cc2ccccc2)CC1. The van der Waals surface area contributed by atoms with Crippen molar-refractivity contribution in [1.82, 2.24) is 14.4 Å². The third kappa shape index (κ3) is 4.61. The summed E-state index contributed by atoms with van der Waals surface area (Å²) in [6.45, 7) is 4.32. The quantitative estimate of drug-likeness (QED) is 0.355. The Bertz CT molecular complexity index is 1320. The summed E-state index contributed by atoms with van der Waals surface area (Å²) in [4.78, 5) is 17.7. The van der Waals surface area contributed by atoms with E-state index >= 15 is 0 Å². The van der Waals surface area contributed by atoms with Crippen LogP contribution in [0.5, 0.6) is 0 Å². The third-order valence-electron chi connectivity index (χ3n) is 7.65.